The van der Waals surface area contributed by atoms with Gasteiger partial charge in [-0.1, -0.05) is 0 Å². The minimum absolute atomic E-state index is 0.244. The van der Waals surface area contributed by atoms with E-state index in [9.17, 15) is 4.79 Å². The third kappa shape index (κ3) is 2.72. The molecular formula is C21H22N2O7. The minimum Gasteiger partial charge on any atom is -0.493 e. The lowest BCUT2D eigenvalue weighted by Crippen LogP contribution is -2.46. The van der Waals surface area contributed by atoms with Crippen molar-refractivity contribution in [3.05, 3.63) is 35.4 Å². The van der Waals surface area contributed by atoms with Crippen LogP contribution < -0.4 is 29.0 Å². The van der Waals surface area contributed by atoms with Gasteiger partial charge in [-0.2, -0.15) is 0 Å². The Balaban J connectivity index is 1.71. The molecule has 5 rings (SSSR count). The first-order valence-corrected chi connectivity index (χ1v) is 9.59. The molecule has 3 heterocycles. The van der Waals surface area contributed by atoms with E-state index >= 15 is 0 Å². The van der Waals surface area contributed by atoms with Gasteiger partial charge in [0.2, 0.25) is 5.75 Å². The van der Waals surface area contributed by atoms with E-state index in [1.54, 1.807) is 26.2 Å². The van der Waals surface area contributed by atoms with Gasteiger partial charge in [0.05, 0.1) is 27.4 Å². The molecular weight excluding hydrogens is 392 g/mol. The number of anilines is 1. The van der Waals surface area contributed by atoms with E-state index in [2.05, 4.69) is 5.32 Å². The quantitative estimate of drug-likeness (QED) is 0.817. The number of hydrogen-bond donors (Lipinski definition) is 1. The summed E-state index contributed by atoms with van der Waals surface area (Å²) in [6.07, 6.45) is -0.705. The van der Waals surface area contributed by atoms with E-state index in [0.29, 0.717) is 42.0 Å². The van der Waals surface area contributed by atoms with Crippen LogP contribution in [0.2, 0.25) is 0 Å². The maximum absolute atomic E-state index is 12.6. The number of amides is 1. The summed E-state index contributed by atoms with van der Waals surface area (Å²) in [7, 11) is 4.68. The van der Waals surface area contributed by atoms with E-state index in [4.69, 9.17) is 28.4 Å². The highest BCUT2D eigenvalue weighted by Crippen LogP contribution is 2.49. The van der Waals surface area contributed by atoms with Crippen molar-refractivity contribution in [2.24, 2.45) is 0 Å². The smallest absolute Gasteiger partial charge is 0.412 e. The summed E-state index contributed by atoms with van der Waals surface area (Å²) in [5, 5.41) is 3.38. The zero-order valence-electron chi connectivity index (χ0n) is 16.9. The van der Waals surface area contributed by atoms with E-state index in [1.165, 1.54) is 0 Å². The Morgan fingerprint density at radius 1 is 0.933 bits per heavy atom. The molecule has 2 aromatic carbocycles. The summed E-state index contributed by atoms with van der Waals surface area (Å²) in [5.74, 6) is 2.82. The van der Waals surface area contributed by atoms with Crippen LogP contribution in [-0.2, 0) is 4.74 Å². The van der Waals surface area contributed by atoms with Crippen LogP contribution in [0.3, 0.4) is 0 Å². The molecule has 3 aliphatic rings. The zero-order chi connectivity index (χ0) is 20.8. The van der Waals surface area contributed by atoms with Gasteiger partial charge in [0.25, 0.3) is 0 Å². The first-order valence-electron chi connectivity index (χ1n) is 9.59. The molecule has 1 N–H and O–H groups in total. The second-order valence-electron chi connectivity index (χ2n) is 7.09. The maximum atomic E-state index is 12.6. The van der Waals surface area contributed by atoms with E-state index in [0.717, 1.165) is 16.8 Å². The fourth-order valence-corrected chi connectivity index (χ4v) is 4.21. The summed E-state index contributed by atoms with van der Waals surface area (Å²) in [6, 6.07) is 7.08. The number of nitrogens with zero attached hydrogens (tertiary/aromatic N) is 1. The summed E-state index contributed by atoms with van der Waals surface area (Å²) in [5.41, 5.74) is 2.52. The van der Waals surface area contributed by atoms with Crippen molar-refractivity contribution < 1.29 is 33.2 Å². The first-order chi connectivity index (χ1) is 14.6. The highest BCUT2D eigenvalue weighted by molar-refractivity contribution is 5.77. The van der Waals surface area contributed by atoms with Gasteiger partial charge in [-0.15, -0.1) is 0 Å². The van der Waals surface area contributed by atoms with Crippen molar-refractivity contribution in [3.63, 3.8) is 0 Å². The van der Waals surface area contributed by atoms with Crippen molar-refractivity contribution >= 4 is 11.8 Å². The zero-order valence-corrected chi connectivity index (χ0v) is 16.9. The minimum atomic E-state index is -0.439. The van der Waals surface area contributed by atoms with Crippen LogP contribution in [0.4, 0.5) is 10.5 Å². The maximum Gasteiger partial charge on any atom is 0.412 e. The summed E-state index contributed by atoms with van der Waals surface area (Å²) >= 11 is 0. The molecule has 9 heteroatoms. The molecule has 2 aromatic rings. The number of carbonyl (C=O) groups is 1. The van der Waals surface area contributed by atoms with Crippen molar-refractivity contribution in [2.75, 3.05) is 46.5 Å². The number of rotatable bonds is 4. The molecule has 1 fully saturated rings. The number of cyclic esters (lactones) is 1. The molecule has 30 heavy (non-hydrogen) atoms. The lowest BCUT2D eigenvalue weighted by molar-refractivity contribution is 0.149. The standard InChI is InChI=1S/C21H22N2O7/c1-25-16-6-11(7-17(26-2)20(16)27-3)19-12-8-14-15(29-5-4-28-14)9-13(12)22-18-10-30-21(24)23(18)19/h6-9,18-19,22H,4-5,10H2,1-3H3/t18-,19-/m1/s1. The number of methoxy groups -OCH3 is 3. The van der Waals surface area contributed by atoms with Crippen LogP contribution in [0.5, 0.6) is 28.7 Å². The SMILES string of the molecule is COc1cc([C@@H]2c3cc4c(cc3N[C@H]3COC(=O)N23)OCCO4)cc(OC)c1OC. The highest BCUT2D eigenvalue weighted by Gasteiger charge is 2.45. The van der Waals surface area contributed by atoms with Gasteiger partial charge in [-0.25, -0.2) is 4.79 Å². The predicted molar refractivity (Wildman–Crippen MR) is 106 cm³/mol. The Labute approximate surface area is 173 Å². The number of fused-ring (bicyclic) bond motifs is 3. The van der Waals surface area contributed by atoms with Crippen molar-refractivity contribution in [3.8, 4) is 28.7 Å². The fraction of sp³-hybridized carbons (Fsp3) is 0.381. The number of nitrogens with one attached hydrogen (secondary N) is 1. The van der Waals surface area contributed by atoms with Gasteiger partial charge >= 0.3 is 6.09 Å². The number of hydrogen-bond acceptors (Lipinski definition) is 8. The van der Waals surface area contributed by atoms with Crippen LogP contribution in [0.25, 0.3) is 0 Å². The van der Waals surface area contributed by atoms with Gasteiger partial charge < -0.3 is 33.7 Å². The summed E-state index contributed by atoms with van der Waals surface area (Å²) in [4.78, 5) is 14.3. The molecule has 0 aliphatic carbocycles. The topological polar surface area (TPSA) is 87.7 Å². The largest absolute Gasteiger partial charge is 0.493 e. The monoisotopic (exact) mass is 414 g/mol. The second kappa shape index (κ2) is 7.08. The Morgan fingerprint density at radius 3 is 2.23 bits per heavy atom. The number of benzene rings is 2. The molecule has 0 spiro atoms. The van der Waals surface area contributed by atoms with Crippen LogP contribution in [0.15, 0.2) is 24.3 Å². The van der Waals surface area contributed by atoms with E-state index in [-0.39, 0.29) is 12.8 Å². The lowest BCUT2D eigenvalue weighted by Gasteiger charge is -2.39. The number of carbonyl (C=O) groups excluding carboxylic acids is 1. The molecule has 0 saturated carbocycles. The molecule has 3 aliphatic heterocycles. The Kier molecular flexibility index (Phi) is 4.38. The molecule has 158 valence electrons. The van der Waals surface area contributed by atoms with Gasteiger partial charge in [-0.05, 0) is 23.8 Å². The second-order valence-corrected chi connectivity index (χ2v) is 7.09. The highest BCUT2D eigenvalue weighted by atomic mass is 16.6. The Hall–Kier alpha value is -3.49. The van der Waals surface area contributed by atoms with Crippen LogP contribution in [0, 0.1) is 0 Å². The molecule has 0 bridgehead atoms. The average molecular weight is 414 g/mol. The first kappa shape index (κ1) is 18.5. The molecule has 1 saturated heterocycles. The number of ether oxygens (including phenoxy) is 6. The molecule has 2 atom stereocenters. The Bertz CT molecular complexity index is 984. The van der Waals surface area contributed by atoms with Crippen LogP contribution in [0.1, 0.15) is 17.2 Å². The van der Waals surface area contributed by atoms with Gasteiger partial charge in [0.1, 0.15) is 26.0 Å². The summed E-state index contributed by atoms with van der Waals surface area (Å²) < 4.78 is 33.4. The third-order valence-electron chi connectivity index (χ3n) is 5.52. The predicted octanol–water partition coefficient (Wildman–Crippen LogP) is 2.78. The lowest BCUT2D eigenvalue weighted by atomic mass is 9.92. The molecule has 9 nitrogen and oxygen atoms in total. The molecule has 0 unspecified atom stereocenters. The molecule has 0 aromatic heterocycles. The third-order valence-corrected chi connectivity index (χ3v) is 5.52. The van der Waals surface area contributed by atoms with Crippen molar-refractivity contribution in [1.29, 1.82) is 0 Å². The van der Waals surface area contributed by atoms with Gasteiger partial charge in [-0.3, -0.25) is 4.90 Å². The summed E-state index contributed by atoms with van der Waals surface area (Å²) in [6.45, 7) is 1.22. The normalized spacial score (nSPS) is 21.2. The molecule has 0 radical (unpaired) electrons. The van der Waals surface area contributed by atoms with Gasteiger partial charge in [0.15, 0.2) is 23.0 Å². The fourth-order valence-electron chi connectivity index (χ4n) is 4.21. The van der Waals surface area contributed by atoms with E-state index < -0.39 is 12.1 Å². The van der Waals surface area contributed by atoms with E-state index in [1.807, 2.05) is 24.3 Å². The Morgan fingerprint density at radius 2 is 1.60 bits per heavy atom. The van der Waals surface area contributed by atoms with Gasteiger partial charge in [0, 0.05) is 17.3 Å². The van der Waals surface area contributed by atoms with Crippen molar-refractivity contribution in [2.45, 2.75) is 12.2 Å². The van der Waals surface area contributed by atoms with Crippen LogP contribution in [-0.4, -0.2) is 58.3 Å². The average Bonchev–Trinajstić information content (AvgIpc) is 3.15. The molecule has 1 amide bonds. The van der Waals surface area contributed by atoms with Crippen molar-refractivity contribution in [1.82, 2.24) is 4.90 Å². The van der Waals surface area contributed by atoms with Crippen LogP contribution >= 0.6 is 0 Å².